The second-order valence-corrected chi connectivity index (χ2v) is 6.13. The summed E-state index contributed by atoms with van der Waals surface area (Å²) in [6.07, 6.45) is 2.17. The van der Waals surface area contributed by atoms with Crippen LogP contribution < -0.4 is 15.4 Å². The lowest BCUT2D eigenvalue weighted by Crippen LogP contribution is -2.15. The molecule has 0 saturated heterocycles. The topological polar surface area (TPSA) is 76.1 Å². The number of aryl methyl sites for hydroxylation is 1. The molecule has 138 valence electrons. The molecule has 27 heavy (non-hydrogen) atoms. The number of anilines is 3. The van der Waals surface area contributed by atoms with Crippen LogP contribution in [0.5, 0.6) is 5.75 Å². The maximum absolute atomic E-state index is 12.6. The van der Waals surface area contributed by atoms with E-state index in [1.54, 1.807) is 25.3 Å². The summed E-state index contributed by atoms with van der Waals surface area (Å²) in [5.74, 6) is 0.772. The Kier molecular flexibility index (Phi) is 5.88. The van der Waals surface area contributed by atoms with E-state index in [9.17, 15) is 4.79 Å². The second-order valence-electron chi connectivity index (χ2n) is 5.73. The Labute approximate surface area is 162 Å². The van der Waals surface area contributed by atoms with Gasteiger partial charge in [0.2, 0.25) is 0 Å². The number of nitrogens with one attached hydrogen (secondary N) is 2. The molecule has 3 aromatic rings. The number of halogens is 1. The third kappa shape index (κ3) is 4.54. The highest BCUT2D eigenvalue weighted by atomic mass is 35.5. The fraction of sp³-hybridized carbons (Fsp3) is 0.150. The monoisotopic (exact) mass is 382 g/mol. The minimum Gasteiger partial charge on any atom is -0.495 e. The van der Waals surface area contributed by atoms with E-state index in [1.807, 2.05) is 37.3 Å². The Morgan fingerprint density at radius 3 is 2.70 bits per heavy atom. The van der Waals surface area contributed by atoms with Crippen molar-refractivity contribution in [2.45, 2.75) is 13.3 Å². The molecule has 0 aliphatic carbocycles. The van der Waals surface area contributed by atoms with Crippen LogP contribution in [0.4, 0.5) is 17.2 Å². The Morgan fingerprint density at radius 1 is 1.15 bits per heavy atom. The fourth-order valence-corrected chi connectivity index (χ4v) is 2.84. The number of carbonyl (C=O) groups is 1. The first-order chi connectivity index (χ1) is 13.1. The van der Waals surface area contributed by atoms with E-state index in [0.717, 1.165) is 23.4 Å². The lowest BCUT2D eigenvalue weighted by molar-refractivity contribution is 0.102. The molecule has 0 aliphatic heterocycles. The van der Waals surface area contributed by atoms with Crippen molar-refractivity contribution in [2.24, 2.45) is 0 Å². The summed E-state index contributed by atoms with van der Waals surface area (Å²) in [5.41, 5.74) is 2.83. The van der Waals surface area contributed by atoms with Crippen LogP contribution in [0.15, 0.2) is 54.9 Å². The van der Waals surface area contributed by atoms with Gasteiger partial charge in [0, 0.05) is 17.4 Å². The van der Waals surface area contributed by atoms with Gasteiger partial charge in [-0.25, -0.2) is 9.97 Å². The number of amides is 1. The molecule has 3 rings (SSSR count). The Hall–Kier alpha value is -3.12. The van der Waals surface area contributed by atoms with Crippen LogP contribution in [0.3, 0.4) is 0 Å². The molecule has 0 atom stereocenters. The molecule has 0 aliphatic rings. The molecule has 0 radical (unpaired) electrons. The van der Waals surface area contributed by atoms with Gasteiger partial charge >= 0.3 is 0 Å². The standard InChI is InChI=1S/C20H19ClN4O2/c1-3-13-6-4-5-7-16(13)25-20(26)17-11-19(23-12-22-17)24-14-8-9-18(27-2)15(21)10-14/h4-12H,3H2,1-2H3,(H,25,26)(H,22,23,24). The molecular weight excluding hydrogens is 364 g/mol. The van der Waals surface area contributed by atoms with Gasteiger partial charge < -0.3 is 15.4 Å². The van der Waals surface area contributed by atoms with Crippen LogP contribution in [0.2, 0.25) is 5.02 Å². The molecule has 0 unspecified atom stereocenters. The van der Waals surface area contributed by atoms with E-state index in [0.29, 0.717) is 16.6 Å². The molecule has 1 aromatic heterocycles. The first-order valence-electron chi connectivity index (χ1n) is 8.42. The highest BCUT2D eigenvalue weighted by Gasteiger charge is 2.11. The van der Waals surface area contributed by atoms with Crippen LogP contribution in [0, 0.1) is 0 Å². The van der Waals surface area contributed by atoms with Crippen molar-refractivity contribution >= 4 is 34.7 Å². The number of rotatable bonds is 6. The van der Waals surface area contributed by atoms with Crippen molar-refractivity contribution in [3.63, 3.8) is 0 Å². The Morgan fingerprint density at radius 2 is 1.96 bits per heavy atom. The van der Waals surface area contributed by atoms with Gasteiger partial charge in [0.1, 0.15) is 23.6 Å². The largest absolute Gasteiger partial charge is 0.495 e. The van der Waals surface area contributed by atoms with Crippen molar-refractivity contribution in [3.8, 4) is 5.75 Å². The average Bonchev–Trinajstić information content (AvgIpc) is 2.69. The van der Waals surface area contributed by atoms with Gasteiger partial charge in [-0.2, -0.15) is 0 Å². The number of carbonyl (C=O) groups excluding carboxylic acids is 1. The van der Waals surface area contributed by atoms with Crippen molar-refractivity contribution < 1.29 is 9.53 Å². The number of para-hydroxylation sites is 1. The molecule has 0 fully saturated rings. The number of hydrogen-bond donors (Lipinski definition) is 2. The van der Waals surface area contributed by atoms with Gasteiger partial charge in [-0.1, -0.05) is 36.7 Å². The normalized spacial score (nSPS) is 10.3. The lowest BCUT2D eigenvalue weighted by atomic mass is 10.1. The van der Waals surface area contributed by atoms with E-state index < -0.39 is 0 Å². The van der Waals surface area contributed by atoms with Crippen molar-refractivity contribution in [2.75, 3.05) is 17.7 Å². The molecule has 1 amide bonds. The molecule has 1 heterocycles. The minimum absolute atomic E-state index is 0.262. The number of ether oxygens (including phenoxy) is 1. The number of hydrogen-bond acceptors (Lipinski definition) is 5. The van der Waals surface area contributed by atoms with Crippen LogP contribution in [0.1, 0.15) is 23.0 Å². The SMILES string of the molecule is CCc1ccccc1NC(=O)c1cc(Nc2ccc(OC)c(Cl)c2)ncn1. The third-order valence-corrected chi connectivity index (χ3v) is 4.27. The summed E-state index contributed by atoms with van der Waals surface area (Å²) < 4.78 is 5.14. The molecule has 2 N–H and O–H groups in total. The van der Waals surface area contributed by atoms with E-state index in [4.69, 9.17) is 16.3 Å². The summed E-state index contributed by atoms with van der Waals surface area (Å²) in [6.45, 7) is 2.04. The van der Waals surface area contributed by atoms with Crippen LogP contribution >= 0.6 is 11.6 Å². The predicted molar refractivity (Wildman–Crippen MR) is 107 cm³/mol. The Balaban J connectivity index is 1.77. The summed E-state index contributed by atoms with van der Waals surface area (Å²) in [6, 6.07) is 14.6. The van der Waals surface area contributed by atoms with Crippen molar-refractivity contribution in [1.82, 2.24) is 9.97 Å². The van der Waals surface area contributed by atoms with E-state index in [-0.39, 0.29) is 11.6 Å². The molecule has 0 saturated carbocycles. The fourth-order valence-electron chi connectivity index (χ4n) is 2.58. The number of methoxy groups -OCH3 is 1. The van der Waals surface area contributed by atoms with E-state index in [2.05, 4.69) is 20.6 Å². The first-order valence-corrected chi connectivity index (χ1v) is 8.80. The maximum Gasteiger partial charge on any atom is 0.274 e. The Bertz CT molecular complexity index is 962. The lowest BCUT2D eigenvalue weighted by Gasteiger charge is -2.11. The number of aromatic nitrogens is 2. The van der Waals surface area contributed by atoms with Gasteiger partial charge in [0.05, 0.1) is 12.1 Å². The second kappa shape index (κ2) is 8.51. The highest BCUT2D eigenvalue weighted by molar-refractivity contribution is 6.32. The van der Waals surface area contributed by atoms with Crippen molar-refractivity contribution in [3.05, 3.63) is 71.1 Å². The summed E-state index contributed by atoms with van der Waals surface area (Å²) in [4.78, 5) is 20.8. The predicted octanol–water partition coefficient (Wildman–Crippen LogP) is 4.70. The van der Waals surface area contributed by atoms with Crippen LogP contribution in [-0.2, 0) is 6.42 Å². The average molecular weight is 383 g/mol. The zero-order valence-electron chi connectivity index (χ0n) is 15.0. The smallest absolute Gasteiger partial charge is 0.274 e. The molecule has 0 spiro atoms. The van der Waals surface area contributed by atoms with Crippen LogP contribution in [-0.4, -0.2) is 23.0 Å². The van der Waals surface area contributed by atoms with Gasteiger partial charge in [0.25, 0.3) is 5.91 Å². The van der Waals surface area contributed by atoms with Gasteiger partial charge in [-0.15, -0.1) is 0 Å². The molecule has 7 heteroatoms. The zero-order chi connectivity index (χ0) is 19.2. The van der Waals surface area contributed by atoms with Gasteiger partial charge in [-0.3, -0.25) is 4.79 Å². The quantitative estimate of drug-likeness (QED) is 0.646. The maximum atomic E-state index is 12.6. The van der Waals surface area contributed by atoms with Gasteiger partial charge in [-0.05, 0) is 36.2 Å². The highest BCUT2D eigenvalue weighted by Crippen LogP contribution is 2.28. The molecule has 2 aromatic carbocycles. The minimum atomic E-state index is -0.297. The molecule has 6 nitrogen and oxygen atoms in total. The summed E-state index contributed by atoms with van der Waals surface area (Å²) >= 11 is 6.13. The third-order valence-electron chi connectivity index (χ3n) is 3.97. The zero-order valence-corrected chi connectivity index (χ0v) is 15.7. The van der Waals surface area contributed by atoms with E-state index >= 15 is 0 Å². The van der Waals surface area contributed by atoms with E-state index in [1.165, 1.54) is 6.33 Å². The summed E-state index contributed by atoms with van der Waals surface area (Å²) in [7, 11) is 1.56. The van der Waals surface area contributed by atoms with Gasteiger partial charge in [0.15, 0.2) is 0 Å². The van der Waals surface area contributed by atoms with Crippen LogP contribution in [0.25, 0.3) is 0 Å². The van der Waals surface area contributed by atoms with Crippen molar-refractivity contribution in [1.29, 1.82) is 0 Å². The molecule has 0 bridgehead atoms. The summed E-state index contributed by atoms with van der Waals surface area (Å²) in [5, 5.41) is 6.48. The number of nitrogens with zero attached hydrogens (tertiary/aromatic N) is 2. The number of benzene rings is 2. The molecular formula is C20H19ClN4O2. The first kappa shape index (κ1) is 18.7.